The molecule has 4 saturated carbocycles. The molecular formula is C57H76O4. The van der Waals surface area contributed by atoms with Gasteiger partial charge in [-0.1, -0.05) is 101 Å². The van der Waals surface area contributed by atoms with Crippen LogP contribution in [0.15, 0.2) is 48.5 Å². The van der Waals surface area contributed by atoms with Crippen molar-refractivity contribution in [1.82, 2.24) is 0 Å². The second-order valence-corrected chi connectivity index (χ2v) is 20.5. The summed E-state index contributed by atoms with van der Waals surface area (Å²) in [5.41, 5.74) is 14.4. The van der Waals surface area contributed by atoms with Crippen molar-refractivity contribution in [3.8, 4) is 23.0 Å². The molecule has 1 atom stereocenters. The minimum Gasteiger partial charge on any atom is -0.508 e. The quantitative estimate of drug-likeness (QED) is 0.115. The lowest BCUT2D eigenvalue weighted by Crippen LogP contribution is -2.16. The first-order valence-electron chi connectivity index (χ1n) is 24.9. The molecule has 4 aromatic carbocycles. The van der Waals surface area contributed by atoms with Gasteiger partial charge in [0.05, 0.1) is 0 Å². The van der Waals surface area contributed by atoms with Gasteiger partial charge in [0.25, 0.3) is 0 Å². The fourth-order valence-electron chi connectivity index (χ4n) is 12.8. The summed E-state index contributed by atoms with van der Waals surface area (Å²) >= 11 is 0. The second-order valence-electron chi connectivity index (χ2n) is 20.5. The van der Waals surface area contributed by atoms with E-state index in [1.165, 1.54) is 99.3 Å². The Morgan fingerprint density at radius 3 is 1.08 bits per heavy atom. The Balaban J connectivity index is 1.26. The van der Waals surface area contributed by atoms with E-state index in [0.717, 1.165) is 115 Å². The highest BCUT2D eigenvalue weighted by Crippen LogP contribution is 2.49. The molecule has 0 aliphatic heterocycles. The highest BCUT2D eigenvalue weighted by Gasteiger charge is 2.31. The Morgan fingerprint density at radius 1 is 0.393 bits per heavy atom. The van der Waals surface area contributed by atoms with E-state index in [1.54, 1.807) is 0 Å². The number of rotatable bonds is 12. The second kappa shape index (κ2) is 19.6. The molecular weight excluding hydrogens is 749 g/mol. The minimum absolute atomic E-state index is 0.0425. The van der Waals surface area contributed by atoms with Crippen molar-refractivity contribution in [2.24, 2.45) is 0 Å². The molecule has 61 heavy (non-hydrogen) atoms. The Labute approximate surface area is 368 Å². The van der Waals surface area contributed by atoms with Crippen molar-refractivity contribution in [2.75, 3.05) is 0 Å². The highest BCUT2D eigenvalue weighted by molar-refractivity contribution is 5.53. The third kappa shape index (κ3) is 9.84. The smallest absolute Gasteiger partial charge is 0.119 e. The van der Waals surface area contributed by atoms with Crippen molar-refractivity contribution < 1.29 is 20.4 Å². The van der Waals surface area contributed by atoms with Crippen LogP contribution in [0, 0.1) is 27.7 Å². The third-order valence-corrected chi connectivity index (χ3v) is 16.4. The van der Waals surface area contributed by atoms with Crippen LogP contribution in [0.25, 0.3) is 0 Å². The van der Waals surface area contributed by atoms with Crippen molar-refractivity contribution >= 4 is 0 Å². The average Bonchev–Trinajstić information content (AvgIpc) is 3.26. The SMILES string of the molecule is Cc1cc(O)c(C2CCCCC2)cc1CCC(CC(c1cc(C2CCCCC2)c(O)cc1C)c1cc(C2CCCCC2)c(O)cc1C)c1cc(C2CCCCC2)c(O)cc1C. The van der Waals surface area contributed by atoms with Crippen LogP contribution in [0.5, 0.6) is 23.0 Å². The summed E-state index contributed by atoms with van der Waals surface area (Å²) in [4.78, 5) is 0. The Kier molecular flexibility index (Phi) is 14.1. The van der Waals surface area contributed by atoms with E-state index in [0.29, 0.717) is 46.7 Å². The van der Waals surface area contributed by atoms with Crippen LogP contribution in [0.4, 0.5) is 0 Å². The number of aromatic hydroxyl groups is 4. The molecule has 328 valence electrons. The van der Waals surface area contributed by atoms with Gasteiger partial charge < -0.3 is 20.4 Å². The lowest BCUT2D eigenvalue weighted by Gasteiger charge is -2.32. The largest absolute Gasteiger partial charge is 0.508 e. The van der Waals surface area contributed by atoms with E-state index in [2.05, 4.69) is 70.2 Å². The number of aryl methyl sites for hydroxylation is 5. The predicted octanol–water partition coefficient (Wildman–Crippen LogP) is 15.9. The van der Waals surface area contributed by atoms with Crippen LogP contribution in [-0.4, -0.2) is 20.4 Å². The fourth-order valence-corrected chi connectivity index (χ4v) is 12.8. The minimum atomic E-state index is 0.0425. The zero-order valence-corrected chi connectivity index (χ0v) is 38.1. The molecule has 4 nitrogen and oxygen atoms in total. The Bertz CT molecular complexity index is 2050. The molecule has 0 amide bonds. The zero-order chi connectivity index (χ0) is 42.6. The van der Waals surface area contributed by atoms with Gasteiger partial charge in [0.2, 0.25) is 0 Å². The normalized spacial score (nSPS) is 19.4. The molecule has 4 heteroatoms. The van der Waals surface area contributed by atoms with Crippen LogP contribution in [-0.2, 0) is 6.42 Å². The van der Waals surface area contributed by atoms with E-state index < -0.39 is 0 Å². The summed E-state index contributed by atoms with van der Waals surface area (Å²) in [7, 11) is 0. The first-order chi connectivity index (χ1) is 29.5. The van der Waals surface area contributed by atoms with Gasteiger partial charge in [0.1, 0.15) is 23.0 Å². The predicted molar refractivity (Wildman–Crippen MR) is 252 cm³/mol. The van der Waals surface area contributed by atoms with Crippen molar-refractivity contribution in [2.45, 2.75) is 211 Å². The standard InChI is InChI=1S/C57H76O4/c1-36-27-54(58)49(40-17-9-5-10-18-40)31-44(36)25-26-45(46-33-50(55(59)28-37(46)2)41-19-11-6-12-20-41)32-53(47-34-51(56(60)29-38(47)3)42-21-13-7-14-22-42)48-35-52(57(61)30-39(48)4)43-23-15-8-16-24-43/h27-31,33-35,40-43,45,53,58-61H,5-26,32H2,1-4H3. The number of phenols is 4. The maximum atomic E-state index is 11.6. The van der Waals surface area contributed by atoms with Crippen LogP contribution in [0.1, 0.15) is 244 Å². The van der Waals surface area contributed by atoms with Crippen molar-refractivity contribution in [3.63, 3.8) is 0 Å². The zero-order valence-electron chi connectivity index (χ0n) is 38.1. The van der Waals surface area contributed by atoms with E-state index in [-0.39, 0.29) is 11.8 Å². The molecule has 0 spiro atoms. The van der Waals surface area contributed by atoms with E-state index in [1.807, 2.05) is 6.07 Å². The molecule has 0 radical (unpaired) electrons. The van der Waals surface area contributed by atoms with Crippen molar-refractivity contribution in [1.29, 1.82) is 0 Å². The molecule has 0 aromatic heterocycles. The number of hydrogen-bond acceptors (Lipinski definition) is 4. The van der Waals surface area contributed by atoms with Crippen LogP contribution < -0.4 is 0 Å². The van der Waals surface area contributed by atoms with Gasteiger partial charge in [-0.25, -0.2) is 0 Å². The maximum absolute atomic E-state index is 11.6. The molecule has 0 saturated heterocycles. The summed E-state index contributed by atoms with van der Waals surface area (Å²) in [6.45, 7) is 8.76. The molecule has 8 rings (SSSR count). The highest BCUT2D eigenvalue weighted by atomic mass is 16.3. The molecule has 4 aromatic rings. The molecule has 4 aliphatic carbocycles. The third-order valence-electron chi connectivity index (χ3n) is 16.4. The maximum Gasteiger partial charge on any atom is 0.119 e. The molecule has 4 aliphatic rings. The fraction of sp³-hybridized carbons (Fsp3) is 0.579. The summed E-state index contributed by atoms with van der Waals surface area (Å²) in [5, 5.41) is 46.1. The van der Waals surface area contributed by atoms with E-state index >= 15 is 0 Å². The first kappa shape index (κ1) is 43.7. The van der Waals surface area contributed by atoms with Crippen LogP contribution in [0.3, 0.4) is 0 Å². The molecule has 4 fully saturated rings. The molecule has 4 N–H and O–H groups in total. The van der Waals surface area contributed by atoms with Gasteiger partial charge in [-0.05, 0) is 219 Å². The lowest BCUT2D eigenvalue weighted by atomic mass is 9.72. The Morgan fingerprint density at radius 2 is 0.705 bits per heavy atom. The van der Waals surface area contributed by atoms with Crippen molar-refractivity contribution in [3.05, 3.63) is 115 Å². The van der Waals surface area contributed by atoms with Gasteiger partial charge in [-0.2, -0.15) is 0 Å². The Hall–Kier alpha value is -3.92. The van der Waals surface area contributed by atoms with Crippen LogP contribution >= 0.6 is 0 Å². The molecule has 0 heterocycles. The van der Waals surface area contributed by atoms with Gasteiger partial charge in [-0.15, -0.1) is 0 Å². The lowest BCUT2D eigenvalue weighted by molar-refractivity contribution is 0.411. The molecule has 1 unspecified atom stereocenters. The molecule has 0 bridgehead atoms. The monoisotopic (exact) mass is 825 g/mol. The summed E-state index contributed by atoms with van der Waals surface area (Å²) in [6, 6.07) is 17.8. The van der Waals surface area contributed by atoms with Gasteiger partial charge in [0, 0.05) is 5.92 Å². The number of phenolic OH excluding ortho intramolecular Hbond substituents is 4. The summed E-state index contributed by atoms with van der Waals surface area (Å²) in [6.07, 6.45) is 26.7. The summed E-state index contributed by atoms with van der Waals surface area (Å²) < 4.78 is 0. The first-order valence-corrected chi connectivity index (χ1v) is 24.9. The topological polar surface area (TPSA) is 80.9 Å². The number of hydrogen-bond donors (Lipinski definition) is 4. The van der Waals surface area contributed by atoms with Gasteiger partial charge in [-0.3, -0.25) is 0 Å². The van der Waals surface area contributed by atoms with Gasteiger partial charge in [0.15, 0.2) is 0 Å². The van der Waals surface area contributed by atoms with E-state index in [4.69, 9.17) is 0 Å². The summed E-state index contributed by atoms with van der Waals surface area (Å²) in [5.74, 6) is 3.57. The average molecular weight is 825 g/mol. The number of benzene rings is 4. The van der Waals surface area contributed by atoms with Crippen LogP contribution in [0.2, 0.25) is 0 Å². The van der Waals surface area contributed by atoms with Gasteiger partial charge >= 0.3 is 0 Å². The van der Waals surface area contributed by atoms with E-state index in [9.17, 15) is 20.4 Å².